The molecule has 1 unspecified atom stereocenters. The van der Waals surface area contributed by atoms with E-state index in [4.69, 9.17) is 23.7 Å². The van der Waals surface area contributed by atoms with Crippen molar-refractivity contribution in [2.45, 2.75) is 83.9 Å². The van der Waals surface area contributed by atoms with Gasteiger partial charge in [-0.1, -0.05) is 13.8 Å². The van der Waals surface area contributed by atoms with Gasteiger partial charge in [-0.3, -0.25) is 0 Å². The Kier molecular flexibility index (Phi) is 4.43. The summed E-state index contributed by atoms with van der Waals surface area (Å²) in [5.41, 5.74) is 0. The van der Waals surface area contributed by atoms with Crippen molar-refractivity contribution in [2.24, 2.45) is 0 Å². The van der Waals surface area contributed by atoms with Crippen molar-refractivity contribution < 1.29 is 28.1 Å². The van der Waals surface area contributed by atoms with E-state index in [9.17, 15) is 4.39 Å². The van der Waals surface area contributed by atoms with Crippen LogP contribution in [0.1, 0.15) is 41.5 Å². The van der Waals surface area contributed by atoms with Crippen molar-refractivity contribution in [2.75, 3.05) is 6.61 Å². The summed E-state index contributed by atoms with van der Waals surface area (Å²) in [6, 6.07) is 0. The molecule has 0 radical (unpaired) electrons. The number of ether oxygens (including phenoxy) is 5. The third-order valence-electron chi connectivity index (χ3n) is 3.40. The summed E-state index contributed by atoms with van der Waals surface area (Å²) in [5, 5.41) is 0. The summed E-state index contributed by atoms with van der Waals surface area (Å²) in [6.07, 6.45) is -3.72. The second kappa shape index (κ2) is 5.50. The SMILES string of the molecule is CC.CC1(C)O[C@H]2O[C@H]([C@H]3COC(C)(C)O3)C(F)[C@H]2O1. The minimum absolute atomic E-state index is 0.320. The van der Waals surface area contributed by atoms with E-state index in [2.05, 4.69) is 0 Å². The monoisotopic (exact) mass is 292 g/mol. The molecule has 0 aromatic rings. The number of halogens is 1. The molecule has 3 aliphatic rings. The van der Waals surface area contributed by atoms with Crippen molar-refractivity contribution in [3.05, 3.63) is 0 Å². The van der Waals surface area contributed by atoms with E-state index >= 15 is 0 Å². The fourth-order valence-corrected chi connectivity index (χ4v) is 2.67. The molecule has 3 rings (SSSR count). The van der Waals surface area contributed by atoms with Crippen LogP contribution in [0, 0.1) is 0 Å². The van der Waals surface area contributed by atoms with Gasteiger partial charge >= 0.3 is 0 Å². The van der Waals surface area contributed by atoms with E-state index in [1.165, 1.54) is 0 Å². The molecule has 0 bridgehead atoms. The third-order valence-corrected chi connectivity index (χ3v) is 3.40. The zero-order chi connectivity index (χ0) is 15.1. The van der Waals surface area contributed by atoms with Crippen LogP contribution < -0.4 is 0 Å². The second-order valence-corrected chi connectivity index (χ2v) is 5.88. The van der Waals surface area contributed by atoms with Crippen LogP contribution in [0.3, 0.4) is 0 Å². The average Bonchev–Trinajstić information content (AvgIpc) is 2.95. The van der Waals surface area contributed by atoms with E-state index in [-0.39, 0.29) is 0 Å². The Balaban J connectivity index is 0.000000704. The van der Waals surface area contributed by atoms with Crippen LogP contribution in [0.15, 0.2) is 0 Å². The zero-order valence-corrected chi connectivity index (χ0v) is 13.0. The second-order valence-electron chi connectivity index (χ2n) is 5.88. The van der Waals surface area contributed by atoms with Gasteiger partial charge in [0.1, 0.15) is 18.3 Å². The minimum Gasteiger partial charge on any atom is -0.348 e. The summed E-state index contributed by atoms with van der Waals surface area (Å²) in [5.74, 6) is -1.48. The lowest BCUT2D eigenvalue weighted by molar-refractivity contribution is -0.227. The Morgan fingerprint density at radius 1 is 0.900 bits per heavy atom. The first-order valence-electron chi connectivity index (χ1n) is 7.24. The molecule has 0 aliphatic carbocycles. The molecule has 118 valence electrons. The highest BCUT2D eigenvalue weighted by molar-refractivity contribution is 4.97. The Morgan fingerprint density at radius 2 is 1.55 bits per heavy atom. The smallest absolute Gasteiger partial charge is 0.190 e. The quantitative estimate of drug-likeness (QED) is 0.742. The molecule has 0 aromatic heterocycles. The van der Waals surface area contributed by atoms with E-state index in [1.54, 1.807) is 27.7 Å². The normalized spacial score (nSPS) is 44.9. The van der Waals surface area contributed by atoms with E-state index < -0.39 is 42.3 Å². The largest absolute Gasteiger partial charge is 0.348 e. The lowest BCUT2D eigenvalue weighted by Crippen LogP contribution is -2.40. The summed E-state index contributed by atoms with van der Waals surface area (Å²) in [4.78, 5) is 0. The van der Waals surface area contributed by atoms with Gasteiger partial charge in [0.05, 0.1) is 6.61 Å². The lowest BCUT2D eigenvalue weighted by atomic mass is 10.1. The molecule has 0 saturated carbocycles. The average molecular weight is 292 g/mol. The van der Waals surface area contributed by atoms with Crippen LogP contribution in [-0.4, -0.2) is 49.0 Å². The number of fused-ring (bicyclic) bond motifs is 1. The first-order chi connectivity index (χ1) is 9.27. The van der Waals surface area contributed by atoms with Gasteiger partial charge in [-0.15, -0.1) is 0 Å². The molecule has 20 heavy (non-hydrogen) atoms. The van der Waals surface area contributed by atoms with Crippen molar-refractivity contribution in [1.82, 2.24) is 0 Å². The highest BCUT2D eigenvalue weighted by atomic mass is 19.1. The van der Waals surface area contributed by atoms with Crippen LogP contribution in [0.25, 0.3) is 0 Å². The molecule has 0 amide bonds. The van der Waals surface area contributed by atoms with Crippen molar-refractivity contribution >= 4 is 0 Å². The van der Waals surface area contributed by atoms with Gasteiger partial charge in [0.25, 0.3) is 0 Å². The van der Waals surface area contributed by atoms with E-state index in [0.717, 1.165) is 0 Å². The van der Waals surface area contributed by atoms with Gasteiger partial charge in [-0.25, -0.2) is 4.39 Å². The molecule has 3 heterocycles. The number of hydrogen-bond acceptors (Lipinski definition) is 5. The predicted molar refractivity (Wildman–Crippen MR) is 69.8 cm³/mol. The van der Waals surface area contributed by atoms with Crippen molar-refractivity contribution in [3.63, 3.8) is 0 Å². The minimum atomic E-state index is -1.26. The van der Waals surface area contributed by atoms with Gasteiger partial charge in [0.15, 0.2) is 24.0 Å². The Morgan fingerprint density at radius 3 is 2.05 bits per heavy atom. The van der Waals surface area contributed by atoms with Gasteiger partial charge in [-0.2, -0.15) is 0 Å². The molecule has 5 atom stereocenters. The fourth-order valence-electron chi connectivity index (χ4n) is 2.67. The lowest BCUT2D eigenvalue weighted by Gasteiger charge is -2.25. The maximum Gasteiger partial charge on any atom is 0.190 e. The number of alkyl halides is 1. The summed E-state index contributed by atoms with van der Waals surface area (Å²) < 4.78 is 42.0. The van der Waals surface area contributed by atoms with Crippen LogP contribution in [-0.2, 0) is 23.7 Å². The molecule has 0 N–H and O–H groups in total. The van der Waals surface area contributed by atoms with Crippen LogP contribution in [0.2, 0.25) is 0 Å². The van der Waals surface area contributed by atoms with Gasteiger partial charge in [-0.05, 0) is 27.7 Å². The fraction of sp³-hybridized carbons (Fsp3) is 1.00. The van der Waals surface area contributed by atoms with E-state index in [0.29, 0.717) is 6.61 Å². The number of hydrogen-bond donors (Lipinski definition) is 0. The predicted octanol–water partition coefficient (Wildman–Crippen LogP) is 2.38. The Labute approximate surface area is 119 Å². The molecular weight excluding hydrogens is 267 g/mol. The molecule has 0 aromatic carbocycles. The van der Waals surface area contributed by atoms with Gasteiger partial charge < -0.3 is 23.7 Å². The summed E-state index contributed by atoms with van der Waals surface area (Å²) >= 11 is 0. The summed E-state index contributed by atoms with van der Waals surface area (Å²) in [6.45, 7) is 11.4. The number of rotatable bonds is 1. The third kappa shape index (κ3) is 2.99. The Hall–Kier alpha value is -0.270. The maximum absolute atomic E-state index is 14.3. The van der Waals surface area contributed by atoms with Crippen LogP contribution in [0.5, 0.6) is 0 Å². The highest BCUT2D eigenvalue weighted by Crippen LogP contribution is 2.41. The Bertz CT molecular complexity index is 346. The van der Waals surface area contributed by atoms with Crippen LogP contribution >= 0.6 is 0 Å². The molecule has 5 nitrogen and oxygen atoms in total. The highest BCUT2D eigenvalue weighted by Gasteiger charge is 2.58. The van der Waals surface area contributed by atoms with Crippen molar-refractivity contribution in [1.29, 1.82) is 0 Å². The first kappa shape index (κ1) is 16.1. The van der Waals surface area contributed by atoms with Crippen LogP contribution in [0.4, 0.5) is 4.39 Å². The van der Waals surface area contributed by atoms with Crippen molar-refractivity contribution in [3.8, 4) is 0 Å². The first-order valence-corrected chi connectivity index (χ1v) is 7.24. The van der Waals surface area contributed by atoms with E-state index in [1.807, 2.05) is 13.8 Å². The maximum atomic E-state index is 14.3. The molecule has 3 fully saturated rings. The molecule has 3 saturated heterocycles. The standard InChI is InChI=1S/C12H19FO5.C2H6/c1-11(2)14-5-6(16-11)8-7(13)9-10(15-8)18-12(3,4)17-9;1-2/h6-10H,5H2,1-4H3;1-2H3/t6-,7?,8-,9-,10-;/m1./s1. The molecular formula is C14H25FO5. The molecule has 6 heteroatoms. The zero-order valence-electron chi connectivity index (χ0n) is 13.0. The molecule has 3 aliphatic heterocycles. The van der Waals surface area contributed by atoms with Gasteiger partial charge in [0, 0.05) is 0 Å². The topological polar surface area (TPSA) is 46.2 Å². The molecule has 0 spiro atoms. The summed E-state index contributed by atoms with van der Waals surface area (Å²) in [7, 11) is 0. The van der Waals surface area contributed by atoms with Gasteiger partial charge in [0.2, 0.25) is 0 Å².